The Balaban J connectivity index is 1.72. The molecular weight excluding hydrogens is 292 g/mol. The number of hydrogen-bond acceptors (Lipinski definition) is 3. The Bertz CT molecular complexity index is 560. The molecule has 0 saturated carbocycles. The molecule has 6 heteroatoms. The molecule has 0 radical (unpaired) electrons. The summed E-state index contributed by atoms with van der Waals surface area (Å²) in [4.78, 5) is 31.8. The van der Waals surface area contributed by atoms with Gasteiger partial charge in [0, 0.05) is 57.1 Å². The number of nitrogens with zero attached hydrogens (tertiary/aromatic N) is 3. The highest BCUT2D eigenvalue weighted by molar-refractivity contribution is 5.94. The maximum atomic E-state index is 12.3. The van der Waals surface area contributed by atoms with E-state index in [1.807, 2.05) is 0 Å². The van der Waals surface area contributed by atoms with Crippen LogP contribution in [0.5, 0.6) is 0 Å². The Morgan fingerprint density at radius 2 is 1.78 bits per heavy atom. The van der Waals surface area contributed by atoms with E-state index >= 15 is 0 Å². The first-order valence-electron chi connectivity index (χ1n) is 7.88. The molecule has 0 bridgehead atoms. The Morgan fingerprint density at radius 3 is 2.43 bits per heavy atom. The molecule has 0 unspecified atom stereocenters. The smallest absolute Gasteiger partial charge is 0.317 e. The molecule has 1 aromatic rings. The van der Waals surface area contributed by atoms with Crippen molar-refractivity contribution in [1.29, 1.82) is 0 Å². The fourth-order valence-electron chi connectivity index (χ4n) is 2.45. The van der Waals surface area contributed by atoms with Crippen molar-refractivity contribution in [1.82, 2.24) is 20.1 Å². The summed E-state index contributed by atoms with van der Waals surface area (Å²) in [5.41, 5.74) is 0.631. The maximum absolute atomic E-state index is 12.3. The highest BCUT2D eigenvalue weighted by Crippen LogP contribution is 2.08. The number of nitrogens with one attached hydrogen (secondary N) is 1. The maximum Gasteiger partial charge on any atom is 0.317 e. The van der Waals surface area contributed by atoms with Crippen molar-refractivity contribution >= 4 is 11.9 Å². The number of hydrogen-bond donors (Lipinski definition) is 1. The van der Waals surface area contributed by atoms with E-state index in [0.717, 1.165) is 19.3 Å². The molecule has 2 rings (SSSR count). The number of pyridine rings is 1. The van der Waals surface area contributed by atoms with Crippen molar-refractivity contribution in [2.45, 2.75) is 19.3 Å². The lowest BCUT2D eigenvalue weighted by Crippen LogP contribution is -2.53. The van der Waals surface area contributed by atoms with Gasteiger partial charge in [0.15, 0.2) is 0 Å². The van der Waals surface area contributed by atoms with Gasteiger partial charge in [-0.15, -0.1) is 12.3 Å². The minimum atomic E-state index is -0.0679. The third-order valence-electron chi connectivity index (χ3n) is 3.81. The molecule has 1 aromatic heterocycles. The van der Waals surface area contributed by atoms with Gasteiger partial charge in [-0.1, -0.05) is 0 Å². The van der Waals surface area contributed by atoms with Crippen LogP contribution in [0.15, 0.2) is 24.5 Å². The van der Waals surface area contributed by atoms with Crippen LogP contribution in [-0.2, 0) is 0 Å². The van der Waals surface area contributed by atoms with Crippen LogP contribution in [0.4, 0.5) is 4.79 Å². The normalized spacial score (nSPS) is 14.2. The van der Waals surface area contributed by atoms with Crippen LogP contribution in [-0.4, -0.2) is 59.4 Å². The van der Waals surface area contributed by atoms with E-state index in [2.05, 4.69) is 16.2 Å². The predicted molar refractivity (Wildman–Crippen MR) is 87.8 cm³/mol. The molecule has 6 nitrogen and oxygen atoms in total. The van der Waals surface area contributed by atoms with Crippen LogP contribution in [0.25, 0.3) is 0 Å². The van der Waals surface area contributed by atoms with Gasteiger partial charge in [0.2, 0.25) is 0 Å². The molecular formula is C17H22N4O2. The Hall–Kier alpha value is -2.55. The summed E-state index contributed by atoms with van der Waals surface area (Å²) >= 11 is 0. The van der Waals surface area contributed by atoms with Crippen LogP contribution in [0.3, 0.4) is 0 Å². The zero-order valence-electron chi connectivity index (χ0n) is 13.2. The summed E-state index contributed by atoms with van der Waals surface area (Å²) in [5.74, 6) is 2.57. The quantitative estimate of drug-likeness (QED) is 0.659. The Morgan fingerprint density at radius 1 is 1.13 bits per heavy atom. The van der Waals surface area contributed by atoms with E-state index in [1.165, 1.54) is 0 Å². The van der Waals surface area contributed by atoms with Crippen LogP contribution in [0.1, 0.15) is 29.6 Å². The number of aromatic nitrogens is 1. The van der Waals surface area contributed by atoms with E-state index in [0.29, 0.717) is 38.3 Å². The number of terminal acetylenes is 1. The summed E-state index contributed by atoms with van der Waals surface area (Å²) in [6, 6.07) is 3.34. The first-order valence-corrected chi connectivity index (χ1v) is 7.88. The fourth-order valence-corrected chi connectivity index (χ4v) is 2.45. The van der Waals surface area contributed by atoms with E-state index < -0.39 is 0 Å². The molecule has 1 aliphatic heterocycles. The molecule has 0 spiro atoms. The second-order valence-electron chi connectivity index (χ2n) is 5.41. The average Bonchev–Trinajstić information content (AvgIpc) is 2.61. The van der Waals surface area contributed by atoms with Crippen LogP contribution in [0, 0.1) is 12.3 Å². The molecule has 1 N–H and O–H groups in total. The minimum absolute atomic E-state index is 0.0123. The van der Waals surface area contributed by atoms with Crippen LogP contribution in [0.2, 0.25) is 0 Å². The lowest BCUT2D eigenvalue weighted by atomic mass is 10.2. The highest BCUT2D eigenvalue weighted by Gasteiger charge is 2.24. The van der Waals surface area contributed by atoms with Gasteiger partial charge >= 0.3 is 6.03 Å². The third kappa shape index (κ3) is 4.99. The highest BCUT2D eigenvalue weighted by atomic mass is 16.2. The van der Waals surface area contributed by atoms with Crippen molar-refractivity contribution in [2.75, 3.05) is 32.7 Å². The second kappa shape index (κ2) is 8.79. The minimum Gasteiger partial charge on any atom is -0.338 e. The van der Waals surface area contributed by atoms with Crippen LogP contribution >= 0.6 is 0 Å². The lowest BCUT2D eigenvalue weighted by molar-refractivity contribution is 0.0665. The zero-order chi connectivity index (χ0) is 16.5. The lowest BCUT2D eigenvalue weighted by Gasteiger charge is -2.34. The average molecular weight is 314 g/mol. The van der Waals surface area contributed by atoms with E-state index in [4.69, 9.17) is 6.42 Å². The Kier molecular flexibility index (Phi) is 6.42. The summed E-state index contributed by atoms with van der Waals surface area (Å²) in [6.45, 7) is 2.83. The number of rotatable bonds is 5. The van der Waals surface area contributed by atoms with Gasteiger partial charge in [-0.3, -0.25) is 9.78 Å². The number of unbranched alkanes of at least 4 members (excludes halogenated alkanes) is 2. The van der Waals surface area contributed by atoms with Crippen molar-refractivity contribution < 1.29 is 9.59 Å². The van der Waals surface area contributed by atoms with E-state index in [-0.39, 0.29) is 11.9 Å². The molecule has 1 saturated heterocycles. The predicted octanol–water partition coefficient (Wildman–Crippen LogP) is 1.35. The standard InChI is InChI=1S/C17H22N4O2/c1-2-3-4-5-8-19-17(23)21-13-11-20(12-14-21)16(22)15-6-9-18-10-7-15/h1,6-7,9-10H,3-5,8,11-14H2,(H,19,23). The van der Waals surface area contributed by atoms with Crippen molar-refractivity contribution in [3.63, 3.8) is 0 Å². The monoisotopic (exact) mass is 314 g/mol. The Labute approximate surface area is 136 Å². The first-order chi connectivity index (χ1) is 11.2. The van der Waals surface area contributed by atoms with E-state index in [1.54, 1.807) is 34.3 Å². The molecule has 1 aliphatic rings. The molecule has 3 amide bonds. The largest absolute Gasteiger partial charge is 0.338 e. The van der Waals surface area contributed by atoms with Gasteiger partial charge in [-0.2, -0.15) is 0 Å². The summed E-state index contributed by atoms with van der Waals surface area (Å²) in [6.07, 6.45) is 11.0. The molecule has 23 heavy (non-hydrogen) atoms. The molecule has 0 aromatic carbocycles. The summed E-state index contributed by atoms with van der Waals surface area (Å²) in [5, 5.41) is 2.89. The summed E-state index contributed by atoms with van der Waals surface area (Å²) in [7, 11) is 0. The molecule has 0 aliphatic carbocycles. The number of carbonyl (C=O) groups is 2. The van der Waals surface area contributed by atoms with Gasteiger partial charge < -0.3 is 15.1 Å². The first kappa shape index (κ1) is 16.8. The van der Waals surface area contributed by atoms with Crippen molar-refractivity contribution in [3.05, 3.63) is 30.1 Å². The molecule has 122 valence electrons. The number of carbonyl (C=O) groups excluding carboxylic acids is 2. The summed E-state index contributed by atoms with van der Waals surface area (Å²) < 4.78 is 0. The van der Waals surface area contributed by atoms with Crippen LogP contribution < -0.4 is 5.32 Å². The number of piperazine rings is 1. The molecule has 2 heterocycles. The van der Waals surface area contributed by atoms with Crippen molar-refractivity contribution in [3.8, 4) is 12.3 Å². The second-order valence-corrected chi connectivity index (χ2v) is 5.41. The van der Waals surface area contributed by atoms with Gasteiger partial charge in [-0.05, 0) is 25.0 Å². The van der Waals surface area contributed by atoms with Gasteiger partial charge in [0.25, 0.3) is 5.91 Å². The SMILES string of the molecule is C#CCCCCNC(=O)N1CCN(C(=O)c2ccncc2)CC1. The number of urea groups is 1. The molecule has 0 atom stereocenters. The zero-order valence-corrected chi connectivity index (χ0v) is 13.2. The van der Waals surface area contributed by atoms with Gasteiger partial charge in [-0.25, -0.2) is 4.79 Å². The van der Waals surface area contributed by atoms with E-state index in [9.17, 15) is 9.59 Å². The molecule has 1 fully saturated rings. The van der Waals surface area contributed by atoms with Crippen molar-refractivity contribution in [2.24, 2.45) is 0 Å². The fraction of sp³-hybridized carbons (Fsp3) is 0.471. The van der Waals surface area contributed by atoms with Gasteiger partial charge in [0.05, 0.1) is 0 Å². The number of amides is 3. The third-order valence-corrected chi connectivity index (χ3v) is 3.81. The van der Waals surface area contributed by atoms with Gasteiger partial charge in [0.1, 0.15) is 0 Å². The topological polar surface area (TPSA) is 65.5 Å².